The van der Waals surface area contributed by atoms with Crippen molar-refractivity contribution < 1.29 is 14.6 Å². The first-order valence-corrected chi connectivity index (χ1v) is 6.36. The van der Waals surface area contributed by atoms with Crippen LogP contribution in [0.3, 0.4) is 0 Å². The molecular formula is C13H14N4O5. The van der Waals surface area contributed by atoms with E-state index >= 15 is 0 Å². The van der Waals surface area contributed by atoms with Crippen molar-refractivity contribution in [2.45, 2.75) is 13.0 Å². The maximum Gasteiger partial charge on any atom is 0.324 e. The third-order valence-electron chi connectivity index (χ3n) is 3.73. The van der Waals surface area contributed by atoms with Crippen LogP contribution in [0, 0.1) is 20.2 Å². The summed E-state index contributed by atoms with van der Waals surface area (Å²) >= 11 is 0. The highest BCUT2D eigenvalue weighted by atomic mass is 16.6. The van der Waals surface area contributed by atoms with E-state index in [0.717, 1.165) is 9.80 Å². The van der Waals surface area contributed by atoms with Crippen LogP contribution in [0.2, 0.25) is 0 Å². The molecule has 0 aromatic heterocycles. The van der Waals surface area contributed by atoms with E-state index in [1.807, 2.05) is 0 Å². The van der Waals surface area contributed by atoms with Crippen LogP contribution in [0.25, 0.3) is 0 Å². The zero-order valence-corrected chi connectivity index (χ0v) is 12.2. The van der Waals surface area contributed by atoms with Crippen LogP contribution in [0.1, 0.15) is 18.5 Å². The van der Waals surface area contributed by atoms with Gasteiger partial charge in [-0.25, -0.2) is 4.79 Å². The summed E-state index contributed by atoms with van der Waals surface area (Å²) in [6.07, 6.45) is 0. The Morgan fingerprint density at radius 2 is 1.68 bits per heavy atom. The Bertz CT molecular complexity index is 699. The summed E-state index contributed by atoms with van der Waals surface area (Å²) in [5.74, 6) is 0. The second kappa shape index (κ2) is 5.43. The third-order valence-corrected chi connectivity index (χ3v) is 3.73. The number of rotatable bonds is 3. The standard InChI is InChI=1S/C13H14N4O5/c1-8-11(17(21)22)12(15(3)13(18)14(8)2)9-6-4-5-7-10(9)16(19)20/h4-7,12H,1-3H3/t12-/m1/s1. The van der Waals surface area contributed by atoms with Gasteiger partial charge in [-0.15, -0.1) is 0 Å². The van der Waals surface area contributed by atoms with E-state index in [1.165, 1.54) is 39.2 Å². The molecule has 0 N–H and O–H groups in total. The Balaban J connectivity index is 2.73. The zero-order valence-electron chi connectivity index (χ0n) is 12.2. The van der Waals surface area contributed by atoms with Crippen molar-refractivity contribution in [1.29, 1.82) is 0 Å². The van der Waals surface area contributed by atoms with Gasteiger partial charge < -0.3 is 4.90 Å². The Hall–Kier alpha value is -2.97. The van der Waals surface area contributed by atoms with Gasteiger partial charge in [0, 0.05) is 20.2 Å². The summed E-state index contributed by atoms with van der Waals surface area (Å²) in [6, 6.07) is 4.13. The van der Waals surface area contributed by atoms with Crippen LogP contribution in [-0.2, 0) is 0 Å². The van der Waals surface area contributed by atoms with Crippen molar-refractivity contribution >= 4 is 11.7 Å². The summed E-state index contributed by atoms with van der Waals surface area (Å²) in [6.45, 7) is 1.45. The van der Waals surface area contributed by atoms with E-state index in [2.05, 4.69) is 0 Å². The molecule has 1 aliphatic rings. The fourth-order valence-electron chi connectivity index (χ4n) is 2.52. The lowest BCUT2D eigenvalue weighted by Gasteiger charge is -2.35. The minimum Gasteiger partial charge on any atom is -0.310 e. The summed E-state index contributed by atoms with van der Waals surface area (Å²) < 4.78 is 0. The molecule has 9 nitrogen and oxygen atoms in total. The van der Waals surface area contributed by atoms with Crippen LogP contribution in [0.4, 0.5) is 10.5 Å². The molecule has 0 unspecified atom stereocenters. The van der Waals surface area contributed by atoms with Crippen LogP contribution in [-0.4, -0.2) is 39.8 Å². The third kappa shape index (κ3) is 2.26. The van der Waals surface area contributed by atoms with E-state index in [1.54, 1.807) is 6.07 Å². The monoisotopic (exact) mass is 306 g/mol. The van der Waals surface area contributed by atoms with E-state index in [0.29, 0.717) is 0 Å². The highest BCUT2D eigenvalue weighted by Gasteiger charge is 2.44. The molecule has 2 rings (SSSR count). The fraction of sp³-hybridized carbons (Fsp3) is 0.308. The second-order valence-electron chi connectivity index (χ2n) is 4.90. The number of benzene rings is 1. The van der Waals surface area contributed by atoms with Crippen molar-refractivity contribution in [2.75, 3.05) is 14.1 Å². The highest BCUT2D eigenvalue weighted by Crippen LogP contribution is 2.39. The van der Waals surface area contributed by atoms with Gasteiger partial charge in [0.05, 0.1) is 21.1 Å². The molecule has 116 valence electrons. The Kier molecular flexibility index (Phi) is 3.81. The summed E-state index contributed by atoms with van der Waals surface area (Å²) in [4.78, 5) is 35.9. The predicted octanol–water partition coefficient (Wildman–Crippen LogP) is 2.14. The first kappa shape index (κ1) is 15.4. The number of carbonyl (C=O) groups excluding carboxylic acids is 1. The van der Waals surface area contributed by atoms with Crippen molar-refractivity contribution in [1.82, 2.24) is 9.80 Å². The molecule has 1 aliphatic heterocycles. The predicted molar refractivity (Wildman–Crippen MR) is 76.5 cm³/mol. The first-order chi connectivity index (χ1) is 10.3. The molecule has 22 heavy (non-hydrogen) atoms. The molecule has 0 radical (unpaired) electrons. The van der Waals surface area contributed by atoms with Gasteiger partial charge in [-0.05, 0) is 13.0 Å². The molecule has 0 aliphatic carbocycles. The molecule has 1 heterocycles. The number of likely N-dealkylation sites (N-methyl/N-ethyl adjacent to an activating group) is 1. The van der Waals surface area contributed by atoms with Gasteiger partial charge in [-0.2, -0.15) is 0 Å². The molecule has 0 saturated heterocycles. The molecule has 1 aromatic rings. The van der Waals surface area contributed by atoms with E-state index in [4.69, 9.17) is 0 Å². The first-order valence-electron chi connectivity index (χ1n) is 6.36. The van der Waals surface area contributed by atoms with Gasteiger partial charge in [0.1, 0.15) is 0 Å². The van der Waals surface area contributed by atoms with Gasteiger partial charge in [0.2, 0.25) is 0 Å². The lowest BCUT2D eigenvalue weighted by atomic mass is 9.97. The Labute approximate surface area is 125 Å². The number of hydrogen-bond acceptors (Lipinski definition) is 5. The molecule has 0 saturated carbocycles. The molecule has 0 bridgehead atoms. The van der Waals surface area contributed by atoms with Gasteiger partial charge in [0.25, 0.3) is 11.4 Å². The number of nitro benzene ring substituents is 1. The van der Waals surface area contributed by atoms with Crippen LogP contribution in [0.5, 0.6) is 0 Å². The minimum absolute atomic E-state index is 0.113. The fourth-order valence-corrected chi connectivity index (χ4v) is 2.52. The summed E-state index contributed by atoms with van der Waals surface area (Å²) in [5, 5.41) is 22.6. The maximum atomic E-state index is 12.2. The quantitative estimate of drug-likeness (QED) is 0.627. The number of allylic oxidation sites excluding steroid dienone is 1. The molecule has 9 heteroatoms. The lowest BCUT2D eigenvalue weighted by molar-refractivity contribution is -0.437. The number of para-hydroxylation sites is 1. The molecule has 1 aromatic carbocycles. The number of urea groups is 1. The van der Waals surface area contributed by atoms with Gasteiger partial charge in [-0.1, -0.05) is 12.1 Å². The molecule has 2 amide bonds. The average Bonchev–Trinajstić information content (AvgIpc) is 2.48. The molecule has 0 fully saturated rings. The molecule has 1 atom stereocenters. The molecular weight excluding hydrogens is 292 g/mol. The van der Waals surface area contributed by atoms with Crippen molar-refractivity contribution in [3.05, 3.63) is 61.5 Å². The van der Waals surface area contributed by atoms with Gasteiger partial charge >= 0.3 is 6.03 Å². The highest BCUT2D eigenvalue weighted by molar-refractivity contribution is 5.78. The van der Waals surface area contributed by atoms with E-state index < -0.39 is 21.9 Å². The maximum absolute atomic E-state index is 12.2. The van der Waals surface area contributed by atoms with Crippen LogP contribution < -0.4 is 0 Å². The number of amides is 2. The SMILES string of the molecule is CC1=C([N+](=O)[O-])[C@@H](c2ccccc2[N+](=O)[O-])N(C)C(=O)N1C. The zero-order chi connectivity index (χ0) is 16.6. The Morgan fingerprint density at radius 1 is 1.09 bits per heavy atom. The summed E-state index contributed by atoms with van der Waals surface area (Å²) in [5.41, 5.74) is -0.235. The number of carbonyl (C=O) groups is 1. The lowest BCUT2D eigenvalue weighted by Crippen LogP contribution is -2.47. The number of nitro groups is 2. The smallest absolute Gasteiger partial charge is 0.310 e. The van der Waals surface area contributed by atoms with E-state index in [-0.39, 0.29) is 22.6 Å². The largest absolute Gasteiger partial charge is 0.324 e. The van der Waals surface area contributed by atoms with Gasteiger partial charge in [-0.3, -0.25) is 25.1 Å². The average molecular weight is 306 g/mol. The van der Waals surface area contributed by atoms with Crippen LogP contribution in [0.15, 0.2) is 35.7 Å². The molecule has 0 spiro atoms. The van der Waals surface area contributed by atoms with E-state index in [9.17, 15) is 25.0 Å². The minimum atomic E-state index is -1.11. The van der Waals surface area contributed by atoms with Crippen molar-refractivity contribution in [3.8, 4) is 0 Å². The number of nitrogens with zero attached hydrogens (tertiary/aromatic N) is 4. The van der Waals surface area contributed by atoms with Crippen molar-refractivity contribution in [2.24, 2.45) is 0 Å². The van der Waals surface area contributed by atoms with Crippen molar-refractivity contribution in [3.63, 3.8) is 0 Å². The summed E-state index contributed by atoms with van der Waals surface area (Å²) in [7, 11) is 2.81. The number of hydrogen-bond donors (Lipinski definition) is 0. The normalized spacial score (nSPS) is 18.7. The van der Waals surface area contributed by atoms with Gasteiger partial charge in [0.15, 0.2) is 6.04 Å². The Morgan fingerprint density at radius 3 is 2.23 bits per heavy atom. The second-order valence-corrected chi connectivity index (χ2v) is 4.90. The van der Waals surface area contributed by atoms with Crippen LogP contribution >= 0.6 is 0 Å². The topological polar surface area (TPSA) is 110 Å².